The second-order valence-corrected chi connectivity index (χ2v) is 6.83. The zero-order chi connectivity index (χ0) is 18.6. The average Bonchev–Trinajstić information content (AvgIpc) is 2.69. The lowest BCUT2D eigenvalue weighted by Crippen LogP contribution is -2.45. The third-order valence-corrected chi connectivity index (χ3v) is 4.81. The summed E-state index contributed by atoms with van der Waals surface area (Å²) in [5, 5.41) is 4.29. The van der Waals surface area contributed by atoms with Crippen molar-refractivity contribution in [1.29, 1.82) is 0 Å². The normalized spacial score (nSPS) is 17.9. The molecule has 0 saturated carbocycles. The summed E-state index contributed by atoms with van der Waals surface area (Å²) in [5.74, 6) is 0.364. The summed E-state index contributed by atoms with van der Waals surface area (Å²) in [4.78, 5) is 22.9. The Hall–Kier alpha value is -2.77. The molecule has 3 heterocycles. The molecule has 0 radical (unpaired) electrons. The second-order valence-electron chi connectivity index (χ2n) is 6.83. The van der Waals surface area contributed by atoms with Gasteiger partial charge in [0.2, 0.25) is 0 Å². The molecule has 1 saturated heterocycles. The zero-order valence-corrected chi connectivity index (χ0v) is 15.3. The number of aryl methyl sites for hydroxylation is 1. The molecule has 4 rings (SSSR count). The van der Waals surface area contributed by atoms with E-state index in [1.54, 1.807) is 19.4 Å². The van der Waals surface area contributed by atoms with E-state index in [4.69, 9.17) is 4.74 Å². The summed E-state index contributed by atoms with van der Waals surface area (Å²) in [6, 6.07) is 10.5. The van der Waals surface area contributed by atoms with E-state index < -0.39 is 0 Å². The van der Waals surface area contributed by atoms with Crippen LogP contribution in [0.2, 0.25) is 0 Å². The van der Waals surface area contributed by atoms with Crippen molar-refractivity contribution in [3.8, 4) is 0 Å². The molecule has 0 aliphatic carbocycles. The first-order valence-electron chi connectivity index (χ1n) is 9.12. The molecule has 7 heteroatoms. The van der Waals surface area contributed by atoms with E-state index in [-0.39, 0.29) is 11.7 Å². The van der Waals surface area contributed by atoms with Crippen molar-refractivity contribution >= 4 is 16.7 Å². The standard InChI is InChI=1S/C20H23N5O2/c1-24-8-7-22-19(20(24)26)23-12-17-14-25(9-10-27-17)13-15-4-5-18-16(11-15)3-2-6-21-18/h2-8,11,17H,9-10,12-14H2,1H3,(H,22,23)/t17-/m1/s1. The van der Waals surface area contributed by atoms with Gasteiger partial charge in [-0.2, -0.15) is 0 Å². The van der Waals surface area contributed by atoms with Crippen LogP contribution in [0.3, 0.4) is 0 Å². The number of hydrogen-bond donors (Lipinski definition) is 1. The predicted octanol–water partition coefficient (Wildman–Crippen LogP) is 1.64. The Morgan fingerprint density at radius 1 is 1.26 bits per heavy atom. The van der Waals surface area contributed by atoms with E-state index >= 15 is 0 Å². The first-order chi connectivity index (χ1) is 13.2. The van der Waals surface area contributed by atoms with Crippen LogP contribution in [-0.4, -0.2) is 51.8 Å². The van der Waals surface area contributed by atoms with E-state index in [0.29, 0.717) is 19.0 Å². The Morgan fingerprint density at radius 3 is 3.11 bits per heavy atom. The third-order valence-electron chi connectivity index (χ3n) is 4.81. The van der Waals surface area contributed by atoms with Crippen molar-refractivity contribution in [1.82, 2.24) is 19.4 Å². The van der Waals surface area contributed by atoms with Crippen LogP contribution in [0.1, 0.15) is 5.56 Å². The summed E-state index contributed by atoms with van der Waals surface area (Å²) in [6.07, 6.45) is 5.10. The molecule has 0 unspecified atom stereocenters. The summed E-state index contributed by atoms with van der Waals surface area (Å²) in [7, 11) is 1.72. The molecule has 1 aliphatic heterocycles. The molecule has 2 aromatic heterocycles. The van der Waals surface area contributed by atoms with Gasteiger partial charge in [0.05, 0.1) is 18.2 Å². The Kier molecular flexibility index (Phi) is 5.13. The molecule has 1 aromatic carbocycles. The fourth-order valence-corrected chi connectivity index (χ4v) is 3.36. The van der Waals surface area contributed by atoms with E-state index in [9.17, 15) is 4.79 Å². The maximum Gasteiger partial charge on any atom is 0.293 e. The lowest BCUT2D eigenvalue weighted by atomic mass is 10.1. The number of ether oxygens (including phenoxy) is 1. The number of pyridine rings is 1. The van der Waals surface area contributed by atoms with E-state index in [1.807, 2.05) is 12.3 Å². The summed E-state index contributed by atoms with van der Waals surface area (Å²) in [5.41, 5.74) is 2.15. The lowest BCUT2D eigenvalue weighted by molar-refractivity contribution is -0.0240. The number of nitrogens with one attached hydrogen (secondary N) is 1. The van der Waals surface area contributed by atoms with Gasteiger partial charge in [-0.15, -0.1) is 0 Å². The number of benzene rings is 1. The van der Waals surface area contributed by atoms with Crippen LogP contribution < -0.4 is 10.9 Å². The maximum absolute atomic E-state index is 12.0. The maximum atomic E-state index is 12.0. The smallest absolute Gasteiger partial charge is 0.293 e. The van der Waals surface area contributed by atoms with E-state index in [2.05, 4.69) is 44.5 Å². The topological polar surface area (TPSA) is 72.3 Å². The number of nitrogens with zero attached hydrogens (tertiary/aromatic N) is 4. The van der Waals surface area contributed by atoms with Crippen molar-refractivity contribution in [2.24, 2.45) is 7.05 Å². The van der Waals surface area contributed by atoms with Crippen LogP contribution in [-0.2, 0) is 18.3 Å². The quantitative estimate of drug-likeness (QED) is 0.741. The molecule has 1 aliphatic rings. The minimum atomic E-state index is -0.130. The SMILES string of the molecule is Cn1ccnc(NC[C@@H]2CN(Cc3ccc4ncccc4c3)CCO2)c1=O. The Bertz CT molecular complexity index is 987. The van der Waals surface area contributed by atoms with Crippen molar-refractivity contribution in [2.75, 3.05) is 31.6 Å². The molecule has 1 fully saturated rings. The van der Waals surface area contributed by atoms with Crippen LogP contribution in [0.4, 0.5) is 5.82 Å². The van der Waals surface area contributed by atoms with Gasteiger partial charge in [0, 0.05) is 57.2 Å². The van der Waals surface area contributed by atoms with Crippen LogP contribution in [0.15, 0.2) is 53.7 Å². The molecule has 140 valence electrons. The van der Waals surface area contributed by atoms with Gasteiger partial charge in [-0.3, -0.25) is 14.7 Å². The van der Waals surface area contributed by atoms with E-state index in [0.717, 1.165) is 30.5 Å². The molecule has 1 N–H and O–H groups in total. The van der Waals surface area contributed by atoms with Gasteiger partial charge in [-0.25, -0.2) is 4.98 Å². The first kappa shape index (κ1) is 17.6. The summed E-state index contributed by atoms with van der Waals surface area (Å²) in [6.45, 7) is 3.82. The number of fused-ring (bicyclic) bond motifs is 1. The highest BCUT2D eigenvalue weighted by molar-refractivity contribution is 5.78. The van der Waals surface area contributed by atoms with Gasteiger partial charge in [0.15, 0.2) is 5.82 Å². The first-order valence-corrected chi connectivity index (χ1v) is 9.12. The summed E-state index contributed by atoms with van der Waals surface area (Å²) >= 11 is 0. The molecule has 0 amide bonds. The highest BCUT2D eigenvalue weighted by Crippen LogP contribution is 2.16. The van der Waals surface area contributed by atoms with Crippen LogP contribution in [0, 0.1) is 0 Å². The monoisotopic (exact) mass is 365 g/mol. The number of hydrogen-bond acceptors (Lipinski definition) is 6. The highest BCUT2D eigenvalue weighted by Gasteiger charge is 2.21. The van der Waals surface area contributed by atoms with Crippen LogP contribution in [0.25, 0.3) is 10.9 Å². The Balaban J connectivity index is 1.37. The molecule has 27 heavy (non-hydrogen) atoms. The van der Waals surface area contributed by atoms with Crippen molar-refractivity contribution in [3.63, 3.8) is 0 Å². The molecule has 1 atom stereocenters. The highest BCUT2D eigenvalue weighted by atomic mass is 16.5. The van der Waals surface area contributed by atoms with E-state index in [1.165, 1.54) is 10.1 Å². The fourth-order valence-electron chi connectivity index (χ4n) is 3.36. The van der Waals surface area contributed by atoms with Crippen LogP contribution >= 0.6 is 0 Å². The fraction of sp³-hybridized carbons (Fsp3) is 0.350. The molecular weight excluding hydrogens is 342 g/mol. The van der Waals surface area contributed by atoms with Gasteiger partial charge in [-0.05, 0) is 23.8 Å². The largest absolute Gasteiger partial charge is 0.374 e. The van der Waals surface area contributed by atoms with Crippen molar-refractivity contribution < 1.29 is 4.74 Å². The molecular formula is C20H23N5O2. The third kappa shape index (κ3) is 4.15. The Labute approximate surface area is 157 Å². The van der Waals surface area contributed by atoms with Crippen molar-refractivity contribution in [2.45, 2.75) is 12.6 Å². The van der Waals surface area contributed by atoms with Crippen molar-refractivity contribution in [3.05, 3.63) is 64.8 Å². The Morgan fingerprint density at radius 2 is 2.19 bits per heavy atom. The van der Waals surface area contributed by atoms with Gasteiger partial charge < -0.3 is 14.6 Å². The minimum absolute atomic E-state index is 0.0209. The van der Waals surface area contributed by atoms with Gasteiger partial charge >= 0.3 is 0 Å². The minimum Gasteiger partial charge on any atom is -0.374 e. The number of aromatic nitrogens is 3. The lowest BCUT2D eigenvalue weighted by Gasteiger charge is -2.33. The second kappa shape index (κ2) is 7.85. The number of anilines is 1. The van der Waals surface area contributed by atoms with Crippen LogP contribution in [0.5, 0.6) is 0 Å². The zero-order valence-electron chi connectivity index (χ0n) is 15.3. The number of rotatable bonds is 5. The molecule has 3 aromatic rings. The summed E-state index contributed by atoms with van der Waals surface area (Å²) < 4.78 is 7.37. The molecule has 7 nitrogen and oxygen atoms in total. The molecule has 0 bridgehead atoms. The van der Waals surface area contributed by atoms with Gasteiger partial charge in [0.1, 0.15) is 0 Å². The predicted molar refractivity (Wildman–Crippen MR) is 105 cm³/mol. The average molecular weight is 365 g/mol. The molecule has 0 spiro atoms. The van der Waals surface area contributed by atoms with Gasteiger partial charge in [-0.1, -0.05) is 12.1 Å². The number of morpholine rings is 1. The van der Waals surface area contributed by atoms with Gasteiger partial charge in [0.25, 0.3) is 5.56 Å².